The molecule has 2 bridgehead atoms. The van der Waals surface area contributed by atoms with Gasteiger partial charge in [0.1, 0.15) is 30.1 Å². The van der Waals surface area contributed by atoms with Crippen molar-refractivity contribution in [2.24, 2.45) is 41.4 Å². The zero-order valence-corrected chi connectivity index (χ0v) is 40.2. The number of hydrogen-bond donors (Lipinski definition) is 3. The lowest BCUT2D eigenvalue weighted by Gasteiger charge is -2.42. The quantitative estimate of drug-likeness (QED) is 0.149. The maximum Gasteiger partial charge on any atom is 0.329 e. The van der Waals surface area contributed by atoms with Gasteiger partial charge in [-0.2, -0.15) is 0 Å². The minimum absolute atomic E-state index is 0.0258. The smallest absolute Gasteiger partial charge is 0.329 e. The van der Waals surface area contributed by atoms with Crippen LogP contribution in [-0.4, -0.2) is 119 Å². The maximum atomic E-state index is 14.3. The van der Waals surface area contributed by atoms with Crippen molar-refractivity contribution in [2.75, 3.05) is 20.8 Å². The van der Waals surface area contributed by atoms with Crippen LogP contribution in [0.15, 0.2) is 47.6 Å². The number of hydrogen-bond acceptors (Lipinski definition) is 12. The second-order valence-corrected chi connectivity index (χ2v) is 19.8. The van der Waals surface area contributed by atoms with Gasteiger partial charge < -0.3 is 39.2 Å². The third kappa shape index (κ3) is 13.9. The number of rotatable bonds is 5. The lowest BCUT2D eigenvalue weighted by atomic mass is 9.75. The Hall–Kier alpha value is -3.33. The third-order valence-electron chi connectivity index (χ3n) is 14.5. The summed E-state index contributed by atoms with van der Waals surface area (Å²) in [4.78, 5) is 71.7. The van der Waals surface area contributed by atoms with Crippen molar-refractivity contribution < 1.29 is 58.2 Å². The fraction of sp³-hybridized carbons (Fsp3) is 0.745. The topological polar surface area (TPSA) is 186 Å². The van der Waals surface area contributed by atoms with Gasteiger partial charge in [-0.3, -0.25) is 19.2 Å². The lowest BCUT2D eigenvalue weighted by molar-refractivity contribution is -0.265. The molecule has 15 atom stereocenters. The number of fused-ring (bicyclic) bond motifs is 3. The summed E-state index contributed by atoms with van der Waals surface area (Å²) in [5, 5.41) is 33.8. The maximum absolute atomic E-state index is 14.3. The standard InChI is InChI=1S/C51H79NO12/c1-30-16-12-11-13-17-31(2)43(61-9)28-39-21-19-37(8)51(60,64-39)48(57)49(58)52-23-15-14-18-40(52)50(59)63-44(34(5)27-38-20-22-41(53)33(4)26-38)29-42(54)32(3)25-36(7)46(56)47(62-10)45(55)35(6)24-30/h11-13,16-17,25,30,32-35,37-41,43-44,46-47,53,56,60H,14-15,18-24,26-29H2,1-10H3/b13-11?,16-12+,31-17?,36-25+/t30-,32-,33-,34-,35-,37-,38-,39+,40+,41-,43+,44+,46-,47+,51-/m1/s1. The van der Waals surface area contributed by atoms with Crippen molar-refractivity contribution in [3.05, 3.63) is 47.6 Å². The largest absolute Gasteiger partial charge is 0.460 e. The van der Waals surface area contributed by atoms with Gasteiger partial charge in [0, 0.05) is 51.4 Å². The van der Waals surface area contributed by atoms with Gasteiger partial charge in [-0.05, 0) is 113 Å². The molecule has 0 aromatic carbocycles. The van der Waals surface area contributed by atoms with E-state index in [-0.39, 0.29) is 60.7 Å². The number of cyclic esters (lactones) is 1. The van der Waals surface area contributed by atoms with Crippen molar-refractivity contribution in [3.8, 4) is 0 Å². The number of ketones is 3. The zero-order chi connectivity index (χ0) is 47.5. The molecule has 4 rings (SSSR count). The van der Waals surface area contributed by atoms with Crippen LogP contribution in [0.4, 0.5) is 0 Å². The second-order valence-electron chi connectivity index (χ2n) is 19.8. The molecule has 0 spiro atoms. The lowest BCUT2D eigenvalue weighted by Crippen LogP contribution is -2.61. The Morgan fingerprint density at radius 2 is 1.58 bits per heavy atom. The van der Waals surface area contributed by atoms with Gasteiger partial charge >= 0.3 is 5.97 Å². The van der Waals surface area contributed by atoms with Gasteiger partial charge in [-0.15, -0.1) is 0 Å². The van der Waals surface area contributed by atoms with Gasteiger partial charge in [-0.25, -0.2) is 4.79 Å². The predicted molar refractivity (Wildman–Crippen MR) is 244 cm³/mol. The van der Waals surface area contributed by atoms with E-state index in [4.69, 9.17) is 18.9 Å². The molecule has 360 valence electrons. The van der Waals surface area contributed by atoms with Crippen LogP contribution in [0.5, 0.6) is 0 Å². The molecule has 13 heteroatoms. The first-order chi connectivity index (χ1) is 30.2. The molecule has 3 fully saturated rings. The van der Waals surface area contributed by atoms with Crippen molar-refractivity contribution in [1.82, 2.24) is 4.90 Å². The van der Waals surface area contributed by atoms with Crippen molar-refractivity contribution in [1.29, 1.82) is 0 Å². The first-order valence-corrected chi connectivity index (χ1v) is 23.9. The second kappa shape index (κ2) is 24.4. The van der Waals surface area contributed by atoms with E-state index in [1.807, 2.05) is 65.0 Å². The fourth-order valence-corrected chi connectivity index (χ4v) is 10.2. The summed E-state index contributed by atoms with van der Waals surface area (Å²) in [6.45, 7) is 14.8. The summed E-state index contributed by atoms with van der Waals surface area (Å²) in [6.07, 6.45) is 12.4. The van der Waals surface area contributed by atoms with Crippen LogP contribution in [0.3, 0.4) is 0 Å². The Morgan fingerprint density at radius 1 is 0.859 bits per heavy atom. The van der Waals surface area contributed by atoms with E-state index >= 15 is 0 Å². The number of aliphatic hydroxyl groups excluding tert-OH is 2. The summed E-state index contributed by atoms with van der Waals surface area (Å²) in [5.74, 6) is -7.55. The van der Waals surface area contributed by atoms with Gasteiger partial charge in [0.15, 0.2) is 5.78 Å². The summed E-state index contributed by atoms with van der Waals surface area (Å²) in [6, 6.07) is -1.12. The minimum atomic E-state index is -2.42. The van der Waals surface area contributed by atoms with E-state index in [9.17, 15) is 39.3 Å². The Bertz CT molecular complexity index is 1740. The number of carbonyl (C=O) groups is 5. The Kier molecular flexibility index (Phi) is 20.4. The number of carbonyl (C=O) groups excluding carboxylic acids is 5. The SMILES string of the molecule is CO[C@H]1C[C@@H]2CC[C@@H](C)[C@@](O)(O2)C(=O)C(=O)N2CCCC[C@H]2C(=O)O[C@H]([C@H](C)C[C@@H]2CC[C@@H](O)[C@H](C)C2)CC(=O)[C@H](C)/C=C(\C)[C@@H](O)[C@@H](OC)C(=O)[C@H](C)C[C@H](C)/C=C/C=CC=C1C. The molecule has 3 heterocycles. The summed E-state index contributed by atoms with van der Waals surface area (Å²) in [7, 11) is 2.96. The van der Waals surface area contributed by atoms with Gasteiger partial charge in [-0.1, -0.05) is 78.0 Å². The molecule has 13 nitrogen and oxygen atoms in total. The first-order valence-electron chi connectivity index (χ1n) is 23.9. The summed E-state index contributed by atoms with van der Waals surface area (Å²) in [5.41, 5.74) is 1.28. The molecule has 4 aliphatic rings. The molecule has 0 radical (unpaired) electrons. The number of piperidine rings is 1. The number of Topliss-reactive ketones (excluding diaryl/α,β-unsaturated/α-hetero) is 3. The highest BCUT2D eigenvalue weighted by molar-refractivity contribution is 6.39. The van der Waals surface area contributed by atoms with Crippen molar-refractivity contribution in [3.63, 3.8) is 0 Å². The van der Waals surface area contributed by atoms with E-state index in [1.165, 1.54) is 12.0 Å². The molecule has 3 aliphatic heterocycles. The average Bonchev–Trinajstić information content (AvgIpc) is 3.26. The average molecular weight is 898 g/mol. The molecule has 3 N–H and O–H groups in total. The van der Waals surface area contributed by atoms with Crippen LogP contribution in [-0.2, 0) is 42.9 Å². The third-order valence-corrected chi connectivity index (χ3v) is 14.5. The zero-order valence-electron chi connectivity index (χ0n) is 40.2. The molecule has 64 heavy (non-hydrogen) atoms. The van der Waals surface area contributed by atoms with E-state index in [0.717, 1.165) is 18.4 Å². The van der Waals surface area contributed by atoms with Gasteiger partial charge in [0.05, 0.1) is 18.3 Å². The molecule has 1 amide bonds. The molecule has 0 unspecified atom stereocenters. The first kappa shape index (κ1) is 53.3. The van der Waals surface area contributed by atoms with E-state index in [0.29, 0.717) is 56.9 Å². The normalized spacial score (nSPS) is 39.5. The number of esters is 1. The van der Waals surface area contributed by atoms with E-state index < -0.39 is 77.8 Å². The highest BCUT2D eigenvalue weighted by Gasteiger charge is 2.53. The van der Waals surface area contributed by atoms with E-state index in [2.05, 4.69) is 0 Å². The monoisotopic (exact) mass is 898 g/mol. The summed E-state index contributed by atoms with van der Waals surface area (Å²) >= 11 is 0. The number of methoxy groups -OCH3 is 2. The highest BCUT2D eigenvalue weighted by atomic mass is 16.6. The van der Waals surface area contributed by atoms with Crippen LogP contribution >= 0.6 is 0 Å². The number of allylic oxidation sites excluding steroid dienone is 6. The number of aliphatic hydroxyl groups is 3. The minimum Gasteiger partial charge on any atom is -0.460 e. The van der Waals surface area contributed by atoms with Crippen LogP contribution in [0.1, 0.15) is 132 Å². The predicted octanol–water partition coefficient (Wildman–Crippen LogP) is 6.80. The molecule has 1 aliphatic carbocycles. The molecule has 0 aromatic rings. The number of amides is 1. The fourth-order valence-electron chi connectivity index (χ4n) is 10.2. The molecule has 2 saturated heterocycles. The van der Waals surface area contributed by atoms with Crippen LogP contribution in [0, 0.1) is 41.4 Å². The van der Waals surface area contributed by atoms with Crippen molar-refractivity contribution in [2.45, 2.75) is 181 Å². The Balaban J connectivity index is 1.70. The molecule has 1 saturated carbocycles. The summed E-state index contributed by atoms with van der Waals surface area (Å²) < 4.78 is 23.8. The highest BCUT2D eigenvalue weighted by Crippen LogP contribution is 2.38. The Labute approximate surface area is 382 Å². The van der Waals surface area contributed by atoms with Crippen molar-refractivity contribution >= 4 is 29.2 Å². The van der Waals surface area contributed by atoms with Gasteiger partial charge in [0.2, 0.25) is 5.79 Å². The molecular formula is C51H79NO12. The number of nitrogens with zero attached hydrogens (tertiary/aromatic N) is 1. The molecule has 0 aromatic heterocycles. The van der Waals surface area contributed by atoms with E-state index in [1.54, 1.807) is 34.0 Å². The van der Waals surface area contributed by atoms with Crippen LogP contribution in [0.25, 0.3) is 0 Å². The van der Waals surface area contributed by atoms with Gasteiger partial charge in [0.25, 0.3) is 11.7 Å². The van der Waals surface area contributed by atoms with Crippen LogP contribution < -0.4 is 0 Å². The van der Waals surface area contributed by atoms with Crippen LogP contribution in [0.2, 0.25) is 0 Å². The number of ether oxygens (including phenoxy) is 4. The Morgan fingerprint density at radius 3 is 2.25 bits per heavy atom. The molecular weight excluding hydrogens is 819 g/mol.